The lowest BCUT2D eigenvalue weighted by Gasteiger charge is -2.33. The molecular weight excluding hydrogens is 929 g/mol. The summed E-state index contributed by atoms with van der Waals surface area (Å²) < 4.78 is 23.9. The minimum Gasteiger partial charge on any atom is -0.478 e. The van der Waals surface area contributed by atoms with Crippen LogP contribution in [-0.2, 0) is 44.4 Å². The van der Waals surface area contributed by atoms with Crippen molar-refractivity contribution in [1.82, 2.24) is 9.80 Å². The molecule has 4 heterocycles. The lowest BCUT2D eigenvalue weighted by molar-refractivity contribution is 0.103. The normalized spacial score (nSPS) is 15.1. The third kappa shape index (κ3) is 11.2. The number of benzene rings is 8. The maximum atomic E-state index is 13.3. The quantitative estimate of drug-likeness (QED) is 0.125. The largest absolute Gasteiger partial charge is 0.478 e. The van der Waals surface area contributed by atoms with Gasteiger partial charge in [-0.15, -0.1) is 0 Å². The van der Waals surface area contributed by atoms with Crippen LogP contribution in [0.4, 0.5) is 11.4 Å². The maximum absolute atomic E-state index is 13.3. The highest BCUT2D eigenvalue weighted by Crippen LogP contribution is 2.39. The average Bonchev–Trinajstić information content (AvgIpc) is 3.44. The molecule has 0 amide bonds. The van der Waals surface area contributed by atoms with Crippen molar-refractivity contribution in [3.8, 4) is 23.0 Å². The van der Waals surface area contributed by atoms with E-state index in [-0.39, 0.29) is 11.2 Å². The average molecular weight is 995 g/mol. The van der Waals surface area contributed by atoms with Gasteiger partial charge in [-0.25, -0.2) is 0 Å². The summed E-state index contributed by atoms with van der Waals surface area (Å²) in [6.07, 6.45) is 1.86. The van der Waals surface area contributed by atoms with Gasteiger partial charge in [-0.05, 0) is 159 Å². The number of hydrogen-bond acceptors (Lipinski definition) is 9. The molecule has 8 aromatic carbocycles. The first kappa shape index (κ1) is 49.4. The van der Waals surface area contributed by atoms with Gasteiger partial charge in [0.25, 0.3) is 0 Å². The Morgan fingerprint density at radius 2 is 0.747 bits per heavy atom. The molecule has 0 aromatic heterocycles. The molecule has 75 heavy (non-hydrogen) atoms. The molecule has 4 aliphatic heterocycles. The Balaban J connectivity index is 0.000000161. The fraction of sp³-hybridized carbons (Fsp3) is 0.258. The summed E-state index contributed by atoms with van der Waals surface area (Å²) in [7, 11) is 4.10. The van der Waals surface area contributed by atoms with E-state index in [2.05, 4.69) is 188 Å². The molecule has 4 aliphatic rings. The zero-order valence-electron chi connectivity index (χ0n) is 44.1. The first-order valence-electron chi connectivity index (χ1n) is 26.1. The number of nitrogens with zero attached hydrogens (tertiary/aromatic N) is 4. The SMILES string of the molecule is Cc1ccc(Cc2ccc(N3COc4ccc(C(=O)c5ccc6c(c5)CN(C)CO6)cc4C3)cc2)cc1.Cc1ccc(Cc2ccc(N3COc4ccc(C(C)(C)c5ccc6c(c5)CN(C)CO6)cc4C3)cc2)cc1. The monoisotopic (exact) mass is 995 g/mol. The molecule has 9 nitrogen and oxygen atoms in total. The minimum atomic E-state index is -0.139. The lowest BCUT2D eigenvalue weighted by atomic mass is 9.77. The highest BCUT2D eigenvalue weighted by Gasteiger charge is 2.29. The predicted octanol–water partition coefficient (Wildman–Crippen LogP) is 13.0. The Morgan fingerprint density at radius 3 is 1.16 bits per heavy atom. The number of anilines is 2. The van der Waals surface area contributed by atoms with Gasteiger partial charge in [0.2, 0.25) is 0 Å². The number of rotatable bonds is 10. The highest BCUT2D eigenvalue weighted by molar-refractivity contribution is 6.09. The minimum absolute atomic E-state index is 0.0106. The van der Waals surface area contributed by atoms with E-state index >= 15 is 0 Å². The predicted molar refractivity (Wildman–Crippen MR) is 299 cm³/mol. The van der Waals surface area contributed by atoms with Crippen LogP contribution in [0.2, 0.25) is 0 Å². The fourth-order valence-electron chi connectivity index (χ4n) is 10.5. The Bertz CT molecular complexity index is 3330. The first-order chi connectivity index (χ1) is 36.4. The third-order valence-electron chi connectivity index (χ3n) is 15.1. The molecule has 0 saturated heterocycles. The fourth-order valence-corrected chi connectivity index (χ4v) is 10.5. The van der Waals surface area contributed by atoms with Crippen LogP contribution in [0.1, 0.15) is 96.5 Å². The van der Waals surface area contributed by atoms with Crippen LogP contribution in [0.15, 0.2) is 170 Å². The molecule has 9 heteroatoms. The number of aryl methyl sites for hydroxylation is 2. The smallest absolute Gasteiger partial charge is 0.193 e. The summed E-state index contributed by atoms with van der Waals surface area (Å²) >= 11 is 0. The van der Waals surface area contributed by atoms with Crippen LogP contribution < -0.4 is 28.7 Å². The second kappa shape index (κ2) is 21.2. The molecule has 0 spiro atoms. The van der Waals surface area contributed by atoms with E-state index in [1.807, 2.05) is 43.4 Å². The topological polar surface area (TPSA) is 67.0 Å². The van der Waals surface area contributed by atoms with E-state index in [9.17, 15) is 4.79 Å². The molecule has 380 valence electrons. The van der Waals surface area contributed by atoms with Crippen LogP contribution in [-0.4, -0.2) is 56.6 Å². The number of ether oxygens (including phenoxy) is 4. The highest BCUT2D eigenvalue weighted by atomic mass is 16.5. The van der Waals surface area contributed by atoms with E-state index in [1.165, 1.54) is 61.3 Å². The molecule has 0 aliphatic carbocycles. The van der Waals surface area contributed by atoms with Crippen molar-refractivity contribution in [2.45, 2.75) is 72.1 Å². The Hall–Kier alpha value is -7.85. The van der Waals surface area contributed by atoms with Crippen LogP contribution in [0.25, 0.3) is 0 Å². The molecule has 0 bridgehead atoms. The molecule has 0 atom stereocenters. The van der Waals surface area contributed by atoms with Crippen molar-refractivity contribution in [1.29, 1.82) is 0 Å². The second-order valence-electron chi connectivity index (χ2n) is 21.4. The van der Waals surface area contributed by atoms with Gasteiger partial charge >= 0.3 is 0 Å². The standard InChI is InChI=1S/C34H36N2O2.C32H30N2O3/c1-24-5-7-25(8-6-24)17-26-9-13-31(14-10-26)36-21-28-19-30(12-16-33(28)38-23-36)34(2,3)29-11-15-32-27(18-29)20-35(4)22-37-32;1-22-3-5-23(6-4-22)15-24-7-11-29(12-8-24)34-19-28-17-26(10-14-31(28)37-21-34)32(35)25-9-13-30-27(16-25)18-33(2)20-36-30/h5-16,18-19H,17,20-23H2,1-4H3;3-14,16-17H,15,18-21H2,1-2H3. The second-order valence-corrected chi connectivity index (χ2v) is 21.4. The number of carbonyl (C=O) groups excluding carboxylic acids is 1. The molecule has 8 aromatic rings. The van der Waals surface area contributed by atoms with Gasteiger partial charge in [-0.1, -0.05) is 110 Å². The number of fused-ring (bicyclic) bond motifs is 4. The van der Waals surface area contributed by atoms with Gasteiger partial charge in [-0.3, -0.25) is 14.6 Å². The van der Waals surface area contributed by atoms with Crippen LogP contribution in [0.3, 0.4) is 0 Å². The Labute approximate surface area is 442 Å². The zero-order valence-corrected chi connectivity index (χ0v) is 44.1. The molecule has 0 saturated carbocycles. The van der Waals surface area contributed by atoms with Crippen molar-refractivity contribution in [3.05, 3.63) is 248 Å². The van der Waals surface area contributed by atoms with Crippen molar-refractivity contribution in [2.75, 3.05) is 50.8 Å². The third-order valence-corrected chi connectivity index (χ3v) is 15.1. The van der Waals surface area contributed by atoms with E-state index in [4.69, 9.17) is 18.9 Å². The number of carbonyl (C=O) groups is 1. The van der Waals surface area contributed by atoms with Gasteiger partial charge in [0.15, 0.2) is 19.2 Å². The lowest BCUT2D eigenvalue weighted by Crippen LogP contribution is -2.32. The summed E-state index contributed by atoms with van der Waals surface area (Å²) in [6.45, 7) is 14.3. The summed E-state index contributed by atoms with van der Waals surface area (Å²) in [5.74, 6) is 3.69. The van der Waals surface area contributed by atoms with Crippen LogP contribution in [0, 0.1) is 13.8 Å². The molecular formula is C66H66N4O5. The molecule has 0 N–H and O–H groups in total. The van der Waals surface area contributed by atoms with E-state index in [0.717, 1.165) is 72.3 Å². The number of ketones is 1. The van der Waals surface area contributed by atoms with Gasteiger partial charge in [-0.2, -0.15) is 0 Å². The van der Waals surface area contributed by atoms with Crippen molar-refractivity contribution < 1.29 is 23.7 Å². The summed E-state index contributed by atoms with van der Waals surface area (Å²) in [5, 5.41) is 0. The maximum Gasteiger partial charge on any atom is 0.193 e. The zero-order chi connectivity index (χ0) is 51.6. The van der Waals surface area contributed by atoms with E-state index in [0.29, 0.717) is 44.6 Å². The molecule has 0 radical (unpaired) electrons. The molecule has 0 unspecified atom stereocenters. The summed E-state index contributed by atoms with van der Waals surface area (Å²) in [4.78, 5) is 22.1. The van der Waals surface area contributed by atoms with Gasteiger partial charge in [0, 0.05) is 76.3 Å². The summed E-state index contributed by atoms with van der Waals surface area (Å²) in [6, 6.07) is 59.9. The van der Waals surface area contributed by atoms with Crippen LogP contribution >= 0.6 is 0 Å². The van der Waals surface area contributed by atoms with Crippen LogP contribution in [0.5, 0.6) is 23.0 Å². The summed E-state index contributed by atoms with van der Waals surface area (Å²) in [5.41, 5.74) is 18.4. The van der Waals surface area contributed by atoms with Gasteiger partial charge in [0.1, 0.15) is 36.5 Å². The molecule has 12 rings (SSSR count). The Morgan fingerprint density at radius 1 is 0.413 bits per heavy atom. The first-order valence-corrected chi connectivity index (χ1v) is 26.1. The van der Waals surface area contributed by atoms with Gasteiger partial charge < -0.3 is 28.7 Å². The van der Waals surface area contributed by atoms with E-state index < -0.39 is 0 Å². The van der Waals surface area contributed by atoms with E-state index in [1.54, 1.807) is 0 Å². The van der Waals surface area contributed by atoms with Crippen molar-refractivity contribution in [3.63, 3.8) is 0 Å². The molecule has 0 fully saturated rings. The number of hydrogen-bond donors (Lipinski definition) is 0. The Kier molecular flexibility index (Phi) is 13.9. The van der Waals surface area contributed by atoms with Crippen molar-refractivity contribution in [2.24, 2.45) is 0 Å². The van der Waals surface area contributed by atoms with Crippen molar-refractivity contribution >= 4 is 17.2 Å². The van der Waals surface area contributed by atoms with Gasteiger partial charge in [0.05, 0.1) is 0 Å².